The van der Waals surface area contributed by atoms with Gasteiger partial charge in [0.05, 0.1) is 19.3 Å². The molecular weight excluding hydrogens is 182 g/mol. The van der Waals surface area contributed by atoms with Crippen molar-refractivity contribution in [1.29, 1.82) is 0 Å². The van der Waals surface area contributed by atoms with Crippen LogP contribution in [0.3, 0.4) is 0 Å². The van der Waals surface area contributed by atoms with Gasteiger partial charge in [0.15, 0.2) is 0 Å². The van der Waals surface area contributed by atoms with Crippen molar-refractivity contribution in [1.82, 2.24) is 4.90 Å². The highest BCUT2D eigenvalue weighted by molar-refractivity contribution is 5.68. The molecule has 0 aromatic carbocycles. The van der Waals surface area contributed by atoms with E-state index in [9.17, 15) is 4.79 Å². The molecule has 1 heterocycles. The van der Waals surface area contributed by atoms with E-state index in [2.05, 4.69) is 0 Å². The summed E-state index contributed by atoms with van der Waals surface area (Å²) in [5.74, 6) is 0. The molecule has 1 rings (SSSR count). The summed E-state index contributed by atoms with van der Waals surface area (Å²) >= 11 is 0. The SMILES string of the molecule is C[C@H]1CN(C(=O)OC(C)(C)C)CCO1. The van der Waals surface area contributed by atoms with Crippen molar-refractivity contribution in [3.05, 3.63) is 0 Å². The third-order valence-corrected chi connectivity index (χ3v) is 1.89. The van der Waals surface area contributed by atoms with Crippen LogP contribution in [0.4, 0.5) is 4.79 Å². The van der Waals surface area contributed by atoms with Crippen LogP contribution >= 0.6 is 0 Å². The van der Waals surface area contributed by atoms with Crippen molar-refractivity contribution >= 4 is 6.09 Å². The molecule has 0 spiro atoms. The normalized spacial score (nSPS) is 23.4. The molecule has 0 aliphatic carbocycles. The average Bonchev–Trinajstić information content (AvgIpc) is 2.01. The standard InChI is InChI=1S/C10H19NO3/c1-8-7-11(5-6-13-8)9(12)14-10(2,3)4/h8H,5-7H2,1-4H3/t8-/m0/s1. The van der Waals surface area contributed by atoms with Gasteiger partial charge in [0.2, 0.25) is 0 Å². The number of ether oxygens (including phenoxy) is 2. The predicted molar refractivity (Wildman–Crippen MR) is 53.2 cm³/mol. The maximum atomic E-state index is 11.6. The van der Waals surface area contributed by atoms with Gasteiger partial charge in [-0.2, -0.15) is 0 Å². The highest BCUT2D eigenvalue weighted by atomic mass is 16.6. The van der Waals surface area contributed by atoms with E-state index in [0.717, 1.165) is 0 Å². The molecule has 1 atom stereocenters. The smallest absolute Gasteiger partial charge is 0.410 e. The Morgan fingerprint density at radius 2 is 2.14 bits per heavy atom. The molecule has 0 aromatic heterocycles. The molecule has 0 radical (unpaired) electrons. The highest BCUT2D eigenvalue weighted by Crippen LogP contribution is 2.12. The molecule has 4 heteroatoms. The number of amides is 1. The van der Waals surface area contributed by atoms with Crippen LogP contribution in [0, 0.1) is 0 Å². The first kappa shape index (κ1) is 11.3. The molecule has 14 heavy (non-hydrogen) atoms. The zero-order chi connectivity index (χ0) is 10.8. The quantitative estimate of drug-likeness (QED) is 0.598. The van der Waals surface area contributed by atoms with Gasteiger partial charge in [0.1, 0.15) is 5.60 Å². The second-order valence-electron chi connectivity index (χ2n) is 4.61. The first-order valence-electron chi connectivity index (χ1n) is 4.98. The Labute approximate surface area is 85.2 Å². The largest absolute Gasteiger partial charge is 0.444 e. The first-order chi connectivity index (χ1) is 6.38. The number of rotatable bonds is 0. The number of hydrogen-bond acceptors (Lipinski definition) is 3. The van der Waals surface area contributed by atoms with Crippen LogP contribution in [0.25, 0.3) is 0 Å². The van der Waals surface area contributed by atoms with Gasteiger partial charge >= 0.3 is 6.09 Å². The molecule has 0 unspecified atom stereocenters. The minimum Gasteiger partial charge on any atom is -0.444 e. The second-order valence-corrected chi connectivity index (χ2v) is 4.61. The molecule has 1 aliphatic rings. The van der Waals surface area contributed by atoms with Crippen LogP contribution < -0.4 is 0 Å². The summed E-state index contributed by atoms with van der Waals surface area (Å²) in [6.07, 6.45) is -0.135. The summed E-state index contributed by atoms with van der Waals surface area (Å²) in [7, 11) is 0. The average molecular weight is 201 g/mol. The molecule has 1 fully saturated rings. The van der Waals surface area contributed by atoms with E-state index in [0.29, 0.717) is 19.7 Å². The summed E-state index contributed by atoms with van der Waals surface area (Å²) in [6.45, 7) is 9.41. The minimum atomic E-state index is -0.418. The lowest BCUT2D eigenvalue weighted by atomic mass is 10.2. The number of hydrogen-bond donors (Lipinski definition) is 0. The summed E-state index contributed by atoms with van der Waals surface area (Å²) in [6, 6.07) is 0. The monoisotopic (exact) mass is 201 g/mol. The van der Waals surface area contributed by atoms with Crippen molar-refractivity contribution in [3.63, 3.8) is 0 Å². The van der Waals surface area contributed by atoms with Crippen molar-refractivity contribution in [2.75, 3.05) is 19.7 Å². The van der Waals surface area contributed by atoms with Crippen LogP contribution in [0.15, 0.2) is 0 Å². The number of carbonyl (C=O) groups is 1. The van der Waals surface area contributed by atoms with Crippen molar-refractivity contribution in [2.45, 2.75) is 39.4 Å². The summed E-state index contributed by atoms with van der Waals surface area (Å²) in [4.78, 5) is 13.3. The van der Waals surface area contributed by atoms with E-state index in [1.54, 1.807) is 4.90 Å². The molecule has 4 nitrogen and oxygen atoms in total. The maximum absolute atomic E-state index is 11.6. The molecule has 82 valence electrons. The lowest BCUT2D eigenvalue weighted by Crippen LogP contribution is -2.46. The maximum Gasteiger partial charge on any atom is 0.410 e. The van der Waals surface area contributed by atoms with E-state index in [-0.39, 0.29) is 12.2 Å². The van der Waals surface area contributed by atoms with Gasteiger partial charge in [0, 0.05) is 6.54 Å². The third-order valence-electron chi connectivity index (χ3n) is 1.89. The van der Waals surface area contributed by atoms with Crippen LogP contribution in [0.2, 0.25) is 0 Å². The first-order valence-corrected chi connectivity index (χ1v) is 4.98. The summed E-state index contributed by atoms with van der Waals surface area (Å²) in [5, 5.41) is 0. The fraction of sp³-hybridized carbons (Fsp3) is 0.900. The van der Waals surface area contributed by atoms with Gasteiger partial charge < -0.3 is 14.4 Å². The van der Waals surface area contributed by atoms with E-state index >= 15 is 0 Å². The predicted octanol–water partition coefficient (Wildman–Crippen LogP) is 1.64. The van der Waals surface area contributed by atoms with Gasteiger partial charge in [-0.1, -0.05) is 0 Å². The lowest BCUT2D eigenvalue weighted by Gasteiger charge is -2.32. The van der Waals surface area contributed by atoms with Gasteiger partial charge in [-0.3, -0.25) is 0 Å². The van der Waals surface area contributed by atoms with Gasteiger partial charge in [-0.05, 0) is 27.7 Å². The Hall–Kier alpha value is -0.770. The Balaban J connectivity index is 2.44. The third kappa shape index (κ3) is 3.54. The van der Waals surface area contributed by atoms with Gasteiger partial charge in [-0.15, -0.1) is 0 Å². The van der Waals surface area contributed by atoms with E-state index in [1.807, 2.05) is 27.7 Å². The van der Waals surface area contributed by atoms with Gasteiger partial charge in [0.25, 0.3) is 0 Å². The number of nitrogens with zero attached hydrogens (tertiary/aromatic N) is 1. The summed E-state index contributed by atoms with van der Waals surface area (Å²) < 4.78 is 10.6. The van der Waals surface area contributed by atoms with Crippen LogP contribution in [0.1, 0.15) is 27.7 Å². The van der Waals surface area contributed by atoms with Crippen molar-refractivity contribution < 1.29 is 14.3 Å². The molecule has 0 aromatic rings. The summed E-state index contributed by atoms with van der Waals surface area (Å²) in [5.41, 5.74) is -0.418. The van der Waals surface area contributed by atoms with Crippen LogP contribution in [0.5, 0.6) is 0 Å². The fourth-order valence-electron chi connectivity index (χ4n) is 1.31. The number of morpholine rings is 1. The molecular formula is C10H19NO3. The van der Waals surface area contributed by atoms with E-state index in [1.165, 1.54) is 0 Å². The molecule has 1 aliphatic heterocycles. The van der Waals surface area contributed by atoms with E-state index in [4.69, 9.17) is 9.47 Å². The Morgan fingerprint density at radius 3 is 2.64 bits per heavy atom. The van der Waals surface area contributed by atoms with E-state index < -0.39 is 5.60 Å². The minimum absolute atomic E-state index is 0.108. The Kier molecular flexibility index (Phi) is 3.37. The Morgan fingerprint density at radius 1 is 1.50 bits per heavy atom. The lowest BCUT2D eigenvalue weighted by molar-refractivity contribution is -0.0353. The van der Waals surface area contributed by atoms with Crippen LogP contribution in [-0.4, -0.2) is 42.4 Å². The Bertz CT molecular complexity index is 210. The number of carbonyl (C=O) groups excluding carboxylic acids is 1. The topological polar surface area (TPSA) is 38.8 Å². The second kappa shape index (κ2) is 4.17. The zero-order valence-corrected chi connectivity index (χ0v) is 9.37. The van der Waals surface area contributed by atoms with Crippen molar-refractivity contribution in [2.24, 2.45) is 0 Å². The fourth-order valence-corrected chi connectivity index (χ4v) is 1.31. The zero-order valence-electron chi connectivity index (χ0n) is 9.37. The molecule has 1 saturated heterocycles. The molecule has 0 N–H and O–H groups in total. The highest BCUT2D eigenvalue weighted by Gasteiger charge is 2.25. The van der Waals surface area contributed by atoms with Crippen molar-refractivity contribution in [3.8, 4) is 0 Å². The molecule has 0 saturated carbocycles. The molecule has 1 amide bonds. The van der Waals surface area contributed by atoms with Gasteiger partial charge in [-0.25, -0.2) is 4.79 Å². The van der Waals surface area contributed by atoms with Crippen LogP contribution in [-0.2, 0) is 9.47 Å². The molecule has 0 bridgehead atoms.